The third-order valence-electron chi connectivity index (χ3n) is 4.99. The number of methoxy groups -OCH3 is 1. The van der Waals surface area contributed by atoms with Crippen LogP contribution in [0.25, 0.3) is 21.8 Å². The SMILES string of the molecule is COCCCNC(=O)Cn1c(COc2cccc3ccccc23)nc2ccccc21. The number of carbonyl (C=O) groups is 1. The Hall–Kier alpha value is -3.38. The number of nitrogens with one attached hydrogen (secondary N) is 1. The second-order valence-electron chi connectivity index (χ2n) is 7.07. The molecule has 6 heteroatoms. The molecular weight excluding hydrogens is 378 g/mol. The van der Waals surface area contributed by atoms with Crippen molar-refractivity contribution in [3.05, 3.63) is 72.6 Å². The van der Waals surface area contributed by atoms with Crippen molar-refractivity contribution in [1.82, 2.24) is 14.9 Å². The minimum absolute atomic E-state index is 0.0549. The molecule has 0 bridgehead atoms. The van der Waals surface area contributed by atoms with Gasteiger partial charge in [0.2, 0.25) is 5.91 Å². The maximum Gasteiger partial charge on any atom is 0.240 e. The molecule has 0 radical (unpaired) electrons. The highest BCUT2D eigenvalue weighted by atomic mass is 16.5. The van der Waals surface area contributed by atoms with Crippen LogP contribution in [-0.4, -0.2) is 35.7 Å². The third-order valence-corrected chi connectivity index (χ3v) is 4.99. The van der Waals surface area contributed by atoms with Crippen LogP contribution in [0.4, 0.5) is 0 Å². The van der Waals surface area contributed by atoms with E-state index in [1.165, 1.54) is 0 Å². The lowest BCUT2D eigenvalue weighted by Crippen LogP contribution is -2.29. The number of aromatic nitrogens is 2. The van der Waals surface area contributed by atoms with Gasteiger partial charge in [0.25, 0.3) is 0 Å². The minimum Gasteiger partial charge on any atom is -0.485 e. The van der Waals surface area contributed by atoms with Gasteiger partial charge in [0, 0.05) is 25.6 Å². The smallest absolute Gasteiger partial charge is 0.240 e. The predicted molar refractivity (Wildman–Crippen MR) is 118 cm³/mol. The van der Waals surface area contributed by atoms with Gasteiger partial charge in [-0.2, -0.15) is 0 Å². The number of para-hydroxylation sites is 2. The number of carbonyl (C=O) groups excluding carboxylic acids is 1. The van der Waals surface area contributed by atoms with E-state index < -0.39 is 0 Å². The quantitative estimate of drug-likeness (QED) is 0.430. The first kappa shape index (κ1) is 19.9. The molecule has 1 amide bonds. The van der Waals surface area contributed by atoms with Gasteiger partial charge in [-0.05, 0) is 30.0 Å². The lowest BCUT2D eigenvalue weighted by Gasteiger charge is -2.12. The molecule has 154 valence electrons. The highest BCUT2D eigenvalue weighted by Crippen LogP contribution is 2.26. The zero-order valence-electron chi connectivity index (χ0n) is 17.0. The van der Waals surface area contributed by atoms with Gasteiger partial charge in [-0.15, -0.1) is 0 Å². The van der Waals surface area contributed by atoms with E-state index in [9.17, 15) is 4.79 Å². The van der Waals surface area contributed by atoms with Crippen molar-refractivity contribution >= 4 is 27.7 Å². The van der Waals surface area contributed by atoms with Crippen molar-refractivity contribution in [2.24, 2.45) is 0 Å². The molecule has 1 heterocycles. The topological polar surface area (TPSA) is 65.4 Å². The van der Waals surface area contributed by atoms with Crippen molar-refractivity contribution < 1.29 is 14.3 Å². The highest BCUT2D eigenvalue weighted by molar-refractivity contribution is 5.88. The highest BCUT2D eigenvalue weighted by Gasteiger charge is 2.14. The summed E-state index contributed by atoms with van der Waals surface area (Å²) in [6.45, 7) is 1.68. The van der Waals surface area contributed by atoms with Gasteiger partial charge < -0.3 is 19.4 Å². The standard InChI is InChI=1S/C24H25N3O3/c1-29-15-7-14-25-24(28)16-27-21-12-5-4-11-20(21)26-23(27)17-30-22-13-6-9-18-8-2-3-10-19(18)22/h2-6,8-13H,7,14-17H2,1H3,(H,25,28). The van der Waals surface area contributed by atoms with Crippen LogP contribution in [0.1, 0.15) is 12.2 Å². The average molecular weight is 403 g/mol. The molecule has 1 N–H and O–H groups in total. The average Bonchev–Trinajstić information content (AvgIpc) is 3.12. The zero-order valence-corrected chi connectivity index (χ0v) is 17.0. The Morgan fingerprint density at radius 3 is 2.73 bits per heavy atom. The summed E-state index contributed by atoms with van der Waals surface area (Å²) >= 11 is 0. The van der Waals surface area contributed by atoms with Crippen LogP contribution in [0.2, 0.25) is 0 Å². The molecule has 0 fully saturated rings. The number of imidazole rings is 1. The summed E-state index contributed by atoms with van der Waals surface area (Å²) in [6.07, 6.45) is 0.782. The van der Waals surface area contributed by atoms with E-state index >= 15 is 0 Å². The summed E-state index contributed by atoms with van der Waals surface area (Å²) in [5.74, 6) is 1.47. The number of amides is 1. The Morgan fingerprint density at radius 1 is 1.03 bits per heavy atom. The Bertz CT molecular complexity index is 1150. The number of benzene rings is 3. The van der Waals surface area contributed by atoms with Gasteiger partial charge in [-0.3, -0.25) is 4.79 Å². The molecule has 3 aromatic carbocycles. The molecule has 0 saturated heterocycles. The first-order valence-electron chi connectivity index (χ1n) is 10.1. The largest absolute Gasteiger partial charge is 0.485 e. The maximum atomic E-state index is 12.5. The fourth-order valence-electron chi connectivity index (χ4n) is 3.52. The van der Waals surface area contributed by atoms with E-state index in [1.54, 1.807) is 7.11 Å². The molecule has 0 aliphatic heterocycles. The molecule has 1 aromatic heterocycles. The second-order valence-corrected chi connectivity index (χ2v) is 7.07. The lowest BCUT2D eigenvalue weighted by molar-refractivity contribution is -0.121. The van der Waals surface area contributed by atoms with Gasteiger partial charge in [-0.25, -0.2) is 4.98 Å². The number of hydrogen-bond acceptors (Lipinski definition) is 4. The van der Waals surface area contributed by atoms with Crippen LogP contribution in [0.15, 0.2) is 66.7 Å². The molecule has 30 heavy (non-hydrogen) atoms. The summed E-state index contributed by atoms with van der Waals surface area (Å²) in [4.78, 5) is 17.2. The fourth-order valence-corrected chi connectivity index (χ4v) is 3.52. The van der Waals surface area contributed by atoms with Crippen molar-refractivity contribution in [3.8, 4) is 5.75 Å². The van der Waals surface area contributed by atoms with E-state index in [1.807, 2.05) is 59.2 Å². The van der Waals surface area contributed by atoms with Crippen LogP contribution in [0, 0.1) is 0 Å². The van der Waals surface area contributed by atoms with Gasteiger partial charge in [0.05, 0.1) is 11.0 Å². The maximum absolute atomic E-state index is 12.5. The molecular formula is C24H25N3O3. The van der Waals surface area contributed by atoms with Crippen LogP contribution in [-0.2, 0) is 22.7 Å². The summed E-state index contributed by atoms with van der Waals surface area (Å²) < 4.78 is 13.1. The third kappa shape index (κ3) is 4.44. The molecule has 6 nitrogen and oxygen atoms in total. The van der Waals surface area contributed by atoms with E-state index in [-0.39, 0.29) is 19.1 Å². The Balaban J connectivity index is 1.54. The van der Waals surface area contributed by atoms with Crippen LogP contribution >= 0.6 is 0 Å². The van der Waals surface area contributed by atoms with Crippen molar-refractivity contribution in [2.45, 2.75) is 19.6 Å². The summed E-state index contributed by atoms with van der Waals surface area (Å²) in [7, 11) is 1.65. The van der Waals surface area contributed by atoms with Crippen molar-refractivity contribution in [1.29, 1.82) is 0 Å². The minimum atomic E-state index is -0.0549. The molecule has 0 atom stereocenters. The molecule has 0 saturated carbocycles. The van der Waals surface area contributed by atoms with Gasteiger partial charge in [0.1, 0.15) is 24.7 Å². The first-order valence-corrected chi connectivity index (χ1v) is 10.1. The van der Waals surface area contributed by atoms with Gasteiger partial charge >= 0.3 is 0 Å². The van der Waals surface area contributed by atoms with Crippen LogP contribution in [0.5, 0.6) is 5.75 Å². The Labute approximate surface area is 175 Å². The van der Waals surface area contributed by atoms with Crippen LogP contribution in [0.3, 0.4) is 0 Å². The van der Waals surface area contributed by atoms with E-state index in [4.69, 9.17) is 14.5 Å². The van der Waals surface area contributed by atoms with Crippen LogP contribution < -0.4 is 10.1 Å². The van der Waals surface area contributed by atoms with E-state index in [0.717, 1.165) is 39.8 Å². The zero-order chi connectivity index (χ0) is 20.8. The summed E-state index contributed by atoms with van der Waals surface area (Å²) in [6, 6.07) is 21.9. The summed E-state index contributed by atoms with van der Waals surface area (Å²) in [5, 5.41) is 5.12. The van der Waals surface area contributed by atoms with E-state index in [2.05, 4.69) is 17.4 Å². The lowest BCUT2D eigenvalue weighted by atomic mass is 10.1. The molecule has 0 unspecified atom stereocenters. The molecule has 4 rings (SSSR count). The number of fused-ring (bicyclic) bond motifs is 2. The molecule has 4 aromatic rings. The van der Waals surface area contributed by atoms with Gasteiger partial charge in [-0.1, -0.05) is 48.5 Å². The normalized spacial score (nSPS) is 11.1. The predicted octanol–water partition coefficient (Wildman–Crippen LogP) is 3.92. The van der Waals surface area contributed by atoms with E-state index in [0.29, 0.717) is 13.2 Å². The fraction of sp³-hybridized carbons (Fsp3) is 0.250. The van der Waals surface area contributed by atoms with Gasteiger partial charge in [0.15, 0.2) is 0 Å². The number of ether oxygens (including phenoxy) is 2. The first-order chi connectivity index (χ1) is 14.8. The second kappa shape index (κ2) is 9.41. The number of rotatable bonds is 9. The molecule has 0 aliphatic carbocycles. The monoisotopic (exact) mass is 403 g/mol. The molecule has 0 spiro atoms. The summed E-state index contributed by atoms with van der Waals surface area (Å²) in [5.41, 5.74) is 1.77. The molecule has 0 aliphatic rings. The van der Waals surface area contributed by atoms with Crippen molar-refractivity contribution in [3.63, 3.8) is 0 Å². The Kier molecular flexibility index (Phi) is 6.25. The number of hydrogen-bond donors (Lipinski definition) is 1. The Morgan fingerprint density at radius 2 is 1.83 bits per heavy atom. The number of nitrogens with zero attached hydrogens (tertiary/aromatic N) is 2. The van der Waals surface area contributed by atoms with Crippen molar-refractivity contribution in [2.75, 3.05) is 20.3 Å².